The third kappa shape index (κ3) is 6.20. The summed E-state index contributed by atoms with van der Waals surface area (Å²) in [5, 5.41) is 23.1. The van der Waals surface area contributed by atoms with Gasteiger partial charge in [-0.3, -0.25) is 4.79 Å². The van der Waals surface area contributed by atoms with Gasteiger partial charge >= 0.3 is 6.18 Å². The summed E-state index contributed by atoms with van der Waals surface area (Å²) in [4.78, 5) is 17.1. The van der Waals surface area contributed by atoms with Gasteiger partial charge in [-0.1, -0.05) is 23.7 Å². The number of hydrogen-bond donors (Lipinski definition) is 4. The third-order valence-electron chi connectivity index (χ3n) is 6.53. The van der Waals surface area contributed by atoms with Crippen molar-refractivity contribution in [3.63, 3.8) is 0 Å². The molecule has 0 saturated heterocycles. The lowest BCUT2D eigenvalue weighted by Gasteiger charge is -2.31. The molecule has 3 aromatic rings. The molecule has 5 N–H and O–H groups in total. The third-order valence-corrected chi connectivity index (χ3v) is 6.78. The Hall–Kier alpha value is -3.58. The van der Waals surface area contributed by atoms with E-state index >= 15 is 0 Å². The molecule has 9 nitrogen and oxygen atoms in total. The highest BCUT2D eigenvalue weighted by molar-refractivity contribution is 6.30. The minimum absolute atomic E-state index is 0.0198. The number of methoxy groups -OCH3 is 1. The van der Waals surface area contributed by atoms with Crippen LogP contribution in [-0.4, -0.2) is 60.3 Å². The van der Waals surface area contributed by atoms with Gasteiger partial charge in [-0.25, -0.2) is 4.98 Å². The van der Waals surface area contributed by atoms with Crippen LogP contribution in [0.3, 0.4) is 0 Å². The molecule has 13 heteroatoms. The minimum atomic E-state index is -5.25. The van der Waals surface area contributed by atoms with E-state index < -0.39 is 41.6 Å². The summed E-state index contributed by atoms with van der Waals surface area (Å²) >= 11 is 5.98. The lowest BCUT2D eigenvalue weighted by Crippen LogP contribution is -2.51. The van der Waals surface area contributed by atoms with E-state index in [1.165, 1.54) is 32.2 Å². The Morgan fingerprint density at radius 2 is 1.90 bits per heavy atom. The van der Waals surface area contributed by atoms with Crippen molar-refractivity contribution in [1.82, 2.24) is 10.3 Å². The molecule has 3 atom stereocenters. The zero-order chi connectivity index (χ0) is 30.2. The average molecular weight is 596 g/mol. The van der Waals surface area contributed by atoms with E-state index in [0.29, 0.717) is 10.6 Å². The number of pyridine rings is 1. The Balaban J connectivity index is 1.70. The first-order valence-corrected chi connectivity index (χ1v) is 12.8. The number of fused-ring (bicyclic) bond motifs is 1. The molecule has 41 heavy (non-hydrogen) atoms. The summed E-state index contributed by atoms with van der Waals surface area (Å²) in [5.41, 5.74) is 1.38. The predicted octanol–water partition coefficient (Wildman–Crippen LogP) is 3.92. The van der Waals surface area contributed by atoms with Crippen LogP contribution >= 0.6 is 11.6 Å². The number of carbonyl (C=O) groups excluding carboxylic acids is 1. The largest absolute Gasteiger partial charge is 0.493 e. The first-order chi connectivity index (χ1) is 19.2. The second kappa shape index (κ2) is 11.4. The number of halogens is 4. The summed E-state index contributed by atoms with van der Waals surface area (Å²) < 4.78 is 59.9. The van der Waals surface area contributed by atoms with E-state index in [-0.39, 0.29) is 47.3 Å². The molecule has 1 aromatic heterocycles. The van der Waals surface area contributed by atoms with Crippen LogP contribution in [0, 0.1) is 0 Å². The van der Waals surface area contributed by atoms with Crippen molar-refractivity contribution in [3.8, 4) is 28.5 Å². The van der Waals surface area contributed by atoms with Crippen molar-refractivity contribution in [2.75, 3.05) is 26.9 Å². The zero-order valence-electron chi connectivity index (χ0n) is 22.4. The van der Waals surface area contributed by atoms with Gasteiger partial charge in [0.1, 0.15) is 18.9 Å². The van der Waals surface area contributed by atoms with Crippen LogP contribution in [0.15, 0.2) is 48.5 Å². The molecule has 0 fully saturated rings. The first-order valence-electron chi connectivity index (χ1n) is 12.5. The highest BCUT2D eigenvalue weighted by atomic mass is 35.5. The maximum absolute atomic E-state index is 14.5. The molecule has 0 radical (unpaired) electrons. The Bertz CT molecular complexity index is 1430. The standard InChI is InChI=1S/C28H29ClF3N3O6/c1-15(36)12-40-20-9-6-17(10-21(20)39-3)25(37)34-13-27(38,28(30,31)32)22-11-19-24(41-14-26(19,2)33)23(35-22)16-4-7-18(29)8-5-16/h4-11,15,36,38H,12-14,33H2,1-3H3,(H,34,37). The maximum Gasteiger partial charge on any atom is 0.424 e. The molecule has 0 aliphatic carbocycles. The van der Waals surface area contributed by atoms with Gasteiger partial charge in [0.15, 0.2) is 17.2 Å². The van der Waals surface area contributed by atoms with Crippen molar-refractivity contribution in [2.45, 2.75) is 37.3 Å². The highest BCUT2D eigenvalue weighted by Crippen LogP contribution is 2.46. The van der Waals surface area contributed by atoms with Gasteiger partial charge in [-0.2, -0.15) is 13.2 Å². The zero-order valence-corrected chi connectivity index (χ0v) is 23.1. The molecule has 1 aliphatic heterocycles. The molecule has 1 aliphatic rings. The number of nitrogens with one attached hydrogen (secondary N) is 1. The number of nitrogens with zero attached hydrogens (tertiary/aromatic N) is 1. The summed E-state index contributed by atoms with van der Waals surface area (Å²) in [6, 6.07) is 11.2. The number of ether oxygens (including phenoxy) is 3. The van der Waals surface area contributed by atoms with Gasteiger partial charge in [0.25, 0.3) is 5.91 Å². The lowest BCUT2D eigenvalue weighted by atomic mass is 9.89. The molecule has 1 amide bonds. The quantitative estimate of drug-likeness (QED) is 0.292. The Labute approximate surface area is 239 Å². The van der Waals surface area contributed by atoms with Crippen molar-refractivity contribution >= 4 is 17.5 Å². The maximum atomic E-state index is 14.5. The first kappa shape index (κ1) is 30.4. The van der Waals surface area contributed by atoms with Gasteiger partial charge in [-0.05, 0) is 50.2 Å². The molecule has 0 spiro atoms. The van der Waals surface area contributed by atoms with E-state index in [9.17, 15) is 28.2 Å². The number of aromatic nitrogens is 1. The molecule has 0 bridgehead atoms. The number of nitrogens with two attached hydrogens (primary N) is 1. The topological polar surface area (TPSA) is 136 Å². The van der Waals surface area contributed by atoms with Crippen molar-refractivity contribution in [2.24, 2.45) is 5.73 Å². The normalized spacial score (nSPS) is 18.6. The van der Waals surface area contributed by atoms with E-state index in [0.717, 1.165) is 6.07 Å². The fraction of sp³-hybridized carbons (Fsp3) is 0.357. The van der Waals surface area contributed by atoms with Crippen LogP contribution in [0.2, 0.25) is 5.02 Å². The fourth-order valence-electron chi connectivity index (χ4n) is 4.20. The smallest absolute Gasteiger partial charge is 0.424 e. The van der Waals surface area contributed by atoms with Gasteiger partial charge in [0.2, 0.25) is 5.60 Å². The van der Waals surface area contributed by atoms with Crippen molar-refractivity contribution < 1.29 is 42.4 Å². The summed E-state index contributed by atoms with van der Waals surface area (Å²) in [6.07, 6.45) is -6.01. The molecular formula is C28H29ClF3N3O6. The van der Waals surface area contributed by atoms with Crippen LogP contribution in [0.1, 0.15) is 35.5 Å². The number of hydrogen-bond acceptors (Lipinski definition) is 8. The van der Waals surface area contributed by atoms with Crippen LogP contribution in [0.25, 0.3) is 11.3 Å². The summed E-state index contributed by atoms with van der Waals surface area (Å²) in [7, 11) is 1.32. The van der Waals surface area contributed by atoms with Crippen LogP contribution in [-0.2, 0) is 11.1 Å². The number of carbonyl (C=O) groups is 1. The highest BCUT2D eigenvalue weighted by Gasteiger charge is 2.57. The van der Waals surface area contributed by atoms with Gasteiger partial charge in [0.05, 0.1) is 31.0 Å². The predicted molar refractivity (Wildman–Crippen MR) is 144 cm³/mol. The molecular weight excluding hydrogens is 567 g/mol. The number of rotatable bonds is 9. The van der Waals surface area contributed by atoms with Gasteiger partial charge in [-0.15, -0.1) is 0 Å². The summed E-state index contributed by atoms with van der Waals surface area (Å²) in [5.74, 6) is -0.376. The fourth-order valence-corrected chi connectivity index (χ4v) is 4.33. The second-order valence-corrected chi connectivity index (χ2v) is 10.4. The van der Waals surface area contributed by atoms with E-state index in [1.54, 1.807) is 31.2 Å². The lowest BCUT2D eigenvalue weighted by molar-refractivity contribution is -0.265. The van der Waals surface area contributed by atoms with Crippen LogP contribution in [0.5, 0.6) is 17.2 Å². The Morgan fingerprint density at radius 1 is 1.22 bits per heavy atom. The van der Waals surface area contributed by atoms with E-state index in [4.69, 9.17) is 31.5 Å². The van der Waals surface area contributed by atoms with Gasteiger partial charge in [0, 0.05) is 21.7 Å². The molecule has 2 heterocycles. The number of aliphatic hydroxyl groups excluding tert-OH is 1. The van der Waals surface area contributed by atoms with Crippen molar-refractivity contribution in [1.29, 1.82) is 0 Å². The Morgan fingerprint density at radius 3 is 2.51 bits per heavy atom. The molecule has 3 unspecified atom stereocenters. The molecule has 2 aromatic carbocycles. The Kier molecular flexibility index (Phi) is 8.42. The number of benzene rings is 2. The number of amides is 1. The van der Waals surface area contributed by atoms with Crippen molar-refractivity contribution in [3.05, 3.63) is 70.4 Å². The number of alkyl halides is 3. The molecule has 220 valence electrons. The van der Waals surface area contributed by atoms with E-state index in [1.807, 2.05) is 0 Å². The van der Waals surface area contributed by atoms with Crippen LogP contribution < -0.4 is 25.3 Å². The average Bonchev–Trinajstić information content (AvgIpc) is 3.23. The SMILES string of the molecule is COc1cc(C(=O)NCC(O)(c2cc3c(c(-c4ccc(Cl)cc4)n2)OCC3(C)N)C(F)(F)F)ccc1OCC(C)O. The van der Waals surface area contributed by atoms with E-state index in [2.05, 4.69) is 10.3 Å². The molecule has 4 rings (SSSR count). The summed E-state index contributed by atoms with van der Waals surface area (Å²) in [6.45, 7) is 1.79. The molecule has 0 saturated carbocycles. The second-order valence-electron chi connectivity index (χ2n) is 10.0. The monoisotopic (exact) mass is 595 g/mol. The minimum Gasteiger partial charge on any atom is -0.493 e. The van der Waals surface area contributed by atoms with Gasteiger partial charge < -0.3 is 35.5 Å². The van der Waals surface area contributed by atoms with Crippen LogP contribution in [0.4, 0.5) is 13.2 Å². The number of aliphatic hydroxyl groups is 2.